The van der Waals surface area contributed by atoms with Gasteiger partial charge < -0.3 is 15.3 Å². The van der Waals surface area contributed by atoms with Gasteiger partial charge in [-0.05, 0) is 30.8 Å². The maximum absolute atomic E-state index is 13.1. The van der Waals surface area contributed by atoms with Crippen LogP contribution < -0.4 is 5.32 Å². The molecule has 102 valence electrons. The minimum absolute atomic E-state index is 0.0261. The van der Waals surface area contributed by atoms with E-state index in [0.717, 1.165) is 31.7 Å². The Morgan fingerprint density at radius 1 is 1.33 bits per heavy atom. The van der Waals surface area contributed by atoms with Crippen molar-refractivity contribution in [2.75, 3.05) is 32.8 Å². The Hall–Kier alpha value is -0.970. The molecule has 0 spiro atoms. The largest absolute Gasteiger partial charge is 0.394 e. The first kappa shape index (κ1) is 15.1. The highest BCUT2D eigenvalue weighted by atomic mass is 19.1. The lowest BCUT2D eigenvalue weighted by molar-refractivity contribution is 0.233. The number of likely N-dealkylation sites (N-methyl/N-ethyl adjacent to an activating group) is 1. The summed E-state index contributed by atoms with van der Waals surface area (Å²) >= 11 is 0. The van der Waals surface area contributed by atoms with Crippen LogP contribution in [0.5, 0.6) is 0 Å². The highest BCUT2D eigenvalue weighted by Gasteiger charge is 2.10. The molecule has 1 aromatic rings. The standard InChI is InChI=1S/C14H23FN2O/c1-3-17(4-2)9-8-16-14(11-18)12-6-5-7-13(15)10-12/h5-7,10,14,16,18H,3-4,8-9,11H2,1-2H3. The summed E-state index contributed by atoms with van der Waals surface area (Å²) in [6.45, 7) is 7.97. The fraction of sp³-hybridized carbons (Fsp3) is 0.571. The lowest BCUT2D eigenvalue weighted by Gasteiger charge is -2.21. The normalized spacial score (nSPS) is 12.9. The number of aliphatic hydroxyl groups is 1. The molecule has 0 aliphatic heterocycles. The third kappa shape index (κ3) is 4.72. The van der Waals surface area contributed by atoms with Crippen molar-refractivity contribution < 1.29 is 9.50 Å². The molecule has 4 heteroatoms. The molecular weight excluding hydrogens is 231 g/mol. The molecule has 18 heavy (non-hydrogen) atoms. The van der Waals surface area contributed by atoms with Gasteiger partial charge in [0.25, 0.3) is 0 Å². The Labute approximate surface area is 109 Å². The number of hydrogen-bond acceptors (Lipinski definition) is 3. The third-order valence-electron chi connectivity index (χ3n) is 3.15. The lowest BCUT2D eigenvalue weighted by atomic mass is 10.1. The van der Waals surface area contributed by atoms with Gasteiger partial charge in [-0.1, -0.05) is 26.0 Å². The second-order valence-electron chi connectivity index (χ2n) is 4.27. The molecule has 1 unspecified atom stereocenters. The summed E-state index contributed by atoms with van der Waals surface area (Å²) in [4.78, 5) is 2.30. The zero-order valence-corrected chi connectivity index (χ0v) is 11.2. The van der Waals surface area contributed by atoms with E-state index in [1.54, 1.807) is 6.07 Å². The topological polar surface area (TPSA) is 35.5 Å². The number of halogens is 1. The van der Waals surface area contributed by atoms with Crippen molar-refractivity contribution >= 4 is 0 Å². The summed E-state index contributed by atoms with van der Waals surface area (Å²) in [6.07, 6.45) is 0. The summed E-state index contributed by atoms with van der Waals surface area (Å²) in [5.41, 5.74) is 0.789. The maximum atomic E-state index is 13.1. The van der Waals surface area contributed by atoms with Crippen LogP contribution >= 0.6 is 0 Å². The fourth-order valence-corrected chi connectivity index (χ4v) is 1.95. The van der Waals surface area contributed by atoms with Gasteiger partial charge >= 0.3 is 0 Å². The molecule has 0 radical (unpaired) electrons. The van der Waals surface area contributed by atoms with Gasteiger partial charge in [-0.2, -0.15) is 0 Å². The molecular formula is C14H23FN2O. The van der Waals surface area contributed by atoms with E-state index in [4.69, 9.17) is 0 Å². The predicted octanol–water partition coefficient (Wildman–Crippen LogP) is 1.79. The Balaban J connectivity index is 2.47. The molecule has 3 nitrogen and oxygen atoms in total. The number of aliphatic hydroxyl groups excluding tert-OH is 1. The summed E-state index contributed by atoms with van der Waals surface area (Å²) in [6, 6.07) is 6.17. The molecule has 1 aromatic carbocycles. The van der Waals surface area contributed by atoms with Crippen molar-refractivity contribution in [1.82, 2.24) is 10.2 Å². The molecule has 0 saturated carbocycles. The van der Waals surface area contributed by atoms with Crippen molar-refractivity contribution in [3.05, 3.63) is 35.6 Å². The van der Waals surface area contributed by atoms with Gasteiger partial charge in [-0.25, -0.2) is 4.39 Å². The van der Waals surface area contributed by atoms with Crippen LogP contribution in [0.3, 0.4) is 0 Å². The molecule has 0 aliphatic carbocycles. The van der Waals surface area contributed by atoms with E-state index in [1.807, 2.05) is 6.07 Å². The monoisotopic (exact) mass is 254 g/mol. The molecule has 0 heterocycles. The number of rotatable bonds is 8. The average molecular weight is 254 g/mol. The smallest absolute Gasteiger partial charge is 0.123 e. The van der Waals surface area contributed by atoms with Crippen molar-refractivity contribution in [3.63, 3.8) is 0 Å². The van der Waals surface area contributed by atoms with Gasteiger partial charge in [0.2, 0.25) is 0 Å². The van der Waals surface area contributed by atoms with Gasteiger partial charge in [0.05, 0.1) is 12.6 Å². The third-order valence-corrected chi connectivity index (χ3v) is 3.15. The summed E-state index contributed by atoms with van der Waals surface area (Å²) in [5.74, 6) is -0.267. The quantitative estimate of drug-likeness (QED) is 0.742. The SMILES string of the molecule is CCN(CC)CCNC(CO)c1cccc(F)c1. The predicted molar refractivity (Wildman–Crippen MR) is 72.0 cm³/mol. The molecule has 0 saturated heterocycles. The van der Waals surface area contributed by atoms with Crippen LogP contribution in [0.25, 0.3) is 0 Å². The molecule has 2 N–H and O–H groups in total. The number of nitrogens with zero attached hydrogens (tertiary/aromatic N) is 1. The van der Waals surface area contributed by atoms with Crippen LogP contribution in [-0.4, -0.2) is 42.8 Å². The van der Waals surface area contributed by atoms with E-state index in [2.05, 4.69) is 24.1 Å². The summed E-state index contributed by atoms with van der Waals surface area (Å²) < 4.78 is 13.1. The first-order valence-corrected chi connectivity index (χ1v) is 6.53. The first-order chi connectivity index (χ1) is 8.71. The van der Waals surface area contributed by atoms with Gasteiger partial charge in [0, 0.05) is 13.1 Å². The average Bonchev–Trinajstić information content (AvgIpc) is 2.39. The maximum Gasteiger partial charge on any atom is 0.123 e. The van der Waals surface area contributed by atoms with E-state index in [0.29, 0.717) is 0 Å². The van der Waals surface area contributed by atoms with Crippen LogP contribution in [0.1, 0.15) is 25.5 Å². The van der Waals surface area contributed by atoms with Crippen LogP contribution in [0.2, 0.25) is 0 Å². The minimum Gasteiger partial charge on any atom is -0.394 e. The highest BCUT2D eigenvalue weighted by molar-refractivity contribution is 5.20. The van der Waals surface area contributed by atoms with Crippen LogP contribution in [0.15, 0.2) is 24.3 Å². The summed E-state index contributed by atoms with van der Waals surface area (Å²) in [7, 11) is 0. The van der Waals surface area contributed by atoms with Gasteiger partial charge in [0.1, 0.15) is 5.82 Å². The Bertz CT molecular complexity index is 342. The molecule has 0 fully saturated rings. The van der Waals surface area contributed by atoms with E-state index in [9.17, 15) is 9.50 Å². The molecule has 0 bridgehead atoms. The van der Waals surface area contributed by atoms with Crippen molar-refractivity contribution in [1.29, 1.82) is 0 Å². The van der Waals surface area contributed by atoms with Gasteiger partial charge in [-0.15, -0.1) is 0 Å². The molecule has 1 rings (SSSR count). The van der Waals surface area contributed by atoms with E-state index < -0.39 is 0 Å². The zero-order valence-electron chi connectivity index (χ0n) is 11.2. The number of nitrogens with one attached hydrogen (secondary N) is 1. The number of benzene rings is 1. The van der Waals surface area contributed by atoms with Crippen molar-refractivity contribution in [3.8, 4) is 0 Å². The van der Waals surface area contributed by atoms with Crippen molar-refractivity contribution in [2.45, 2.75) is 19.9 Å². The van der Waals surface area contributed by atoms with Crippen LogP contribution in [0, 0.1) is 5.82 Å². The molecule has 0 aromatic heterocycles. The molecule has 0 amide bonds. The Morgan fingerprint density at radius 3 is 2.61 bits per heavy atom. The Kier molecular flexibility index (Phi) is 6.86. The highest BCUT2D eigenvalue weighted by Crippen LogP contribution is 2.13. The first-order valence-electron chi connectivity index (χ1n) is 6.53. The van der Waals surface area contributed by atoms with Crippen LogP contribution in [0.4, 0.5) is 4.39 Å². The second-order valence-corrected chi connectivity index (χ2v) is 4.27. The zero-order chi connectivity index (χ0) is 13.4. The van der Waals surface area contributed by atoms with E-state index >= 15 is 0 Å². The van der Waals surface area contributed by atoms with Crippen LogP contribution in [-0.2, 0) is 0 Å². The summed E-state index contributed by atoms with van der Waals surface area (Å²) in [5, 5.41) is 12.6. The number of hydrogen-bond donors (Lipinski definition) is 2. The van der Waals surface area contributed by atoms with E-state index in [1.165, 1.54) is 12.1 Å². The lowest BCUT2D eigenvalue weighted by Crippen LogP contribution is -2.34. The van der Waals surface area contributed by atoms with E-state index in [-0.39, 0.29) is 18.5 Å². The molecule has 1 atom stereocenters. The fourth-order valence-electron chi connectivity index (χ4n) is 1.95. The second kappa shape index (κ2) is 8.19. The molecule has 0 aliphatic rings. The van der Waals surface area contributed by atoms with Gasteiger partial charge in [0.15, 0.2) is 0 Å². The van der Waals surface area contributed by atoms with Crippen molar-refractivity contribution in [2.24, 2.45) is 0 Å². The Morgan fingerprint density at radius 2 is 2.06 bits per heavy atom. The van der Waals surface area contributed by atoms with Gasteiger partial charge in [-0.3, -0.25) is 0 Å². The minimum atomic E-state index is -0.267.